The van der Waals surface area contributed by atoms with Crippen molar-refractivity contribution in [2.75, 3.05) is 0 Å². The van der Waals surface area contributed by atoms with Crippen LogP contribution in [0.15, 0.2) is 84.9 Å². The molecule has 0 bridgehead atoms. The monoisotopic (exact) mass is 492 g/mol. The number of hydrogen-bond donors (Lipinski definition) is 0. The van der Waals surface area contributed by atoms with Crippen molar-refractivity contribution in [3.05, 3.63) is 129 Å². The third kappa shape index (κ3) is 6.95. The molecule has 4 rings (SSSR count). The van der Waals surface area contributed by atoms with Gasteiger partial charge < -0.3 is 9.47 Å². The third-order valence-electron chi connectivity index (χ3n) is 6.66. The first kappa shape index (κ1) is 25.9. The van der Waals surface area contributed by atoms with Gasteiger partial charge >= 0.3 is 11.9 Å². The molecule has 0 saturated carbocycles. The SMILES string of the molecule is Cc1ccc(C(=O)Oc2ccc(CCCc3cccc(OC(=O)c4ccc(C)c(C)c4)c3)cc2)cc1C. The Morgan fingerprint density at radius 3 is 1.65 bits per heavy atom. The molecule has 4 aromatic carbocycles. The Kier molecular flexibility index (Phi) is 8.19. The van der Waals surface area contributed by atoms with Crippen molar-refractivity contribution in [1.82, 2.24) is 0 Å². The molecule has 37 heavy (non-hydrogen) atoms. The van der Waals surface area contributed by atoms with Crippen LogP contribution in [0.4, 0.5) is 0 Å². The molecule has 0 aliphatic rings. The molecule has 0 unspecified atom stereocenters. The van der Waals surface area contributed by atoms with E-state index in [1.807, 2.05) is 94.4 Å². The van der Waals surface area contributed by atoms with E-state index in [1.165, 1.54) is 5.56 Å². The molecule has 0 atom stereocenters. The van der Waals surface area contributed by atoms with Gasteiger partial charge in [0, 0.05) is 0 Å². The van der Waals surface area contributed by atoms with Crippen molar-refractivity contribution in [3.8, 4) is 11.5 Å². The van der Waals surface area contributed by atoms with Crippen molar-refractivity contribution in [2.45, 2.75) is 47.0 Å². The highest BCUT2D eigenvalue weighted by atomic mass is 16.5. The summed E-state index contributed by atoms with van der Waals surface area (Å²) in [7, 11) is 0. The summed E-state index contributed by atoms with van der Waals surface area (Å²) in [5, 5.41) is 0. The van der Waals surface area contributed by atoms with Gasteiger partial charge in [-0.25, -0.2) is 9.59 Å². The van der Waals surface area contributed by atoms with Crippen LogP contribution >= 0.6 is 0 Å². The number of carbonyl (C=O) groups excluding carboxylic acids is 2. The smallest absolute Gasteiger partial charge is 0.343 e. The van der Waals surface area contributed by atoms with Crippen LogP contribution in [0.25, 0.3) is 0 Å². The zero-order valence-corrected chi connectivity index (χ0v) is 21.8. The summed E-state index contributed by atoms with van der Waals surface area (Å²) in [5.74, 6) is 0.383. The lowest BCUT2D eigenvalue weighted by Crippen LogP contribution is -2.09. The van der Waals surface area contributed by atoms with Crippen LogP contribution in [0.2, 0.25) is 0 Å². The molecule has 0 radical (unpaired) electrons. The number of aryl methyl sites for hydroxylation is 6. The lowest BCUT2D eigenvalue weighted by molar-refractivity contribution is 0.0725. The molecule has 0 aliphatic carbocycles. The first-order valence-corrected chi connectivity index (χ1v) is 12.6. The molecule has 0 saturated heterocycles. The highest BCUT2D eigenvalue weighted by Crippen LogP contribution is 2.20. The molecule has 0 aliphatic heterocycles. The molecule has 188 valence electrons. The van der Waals surface area contributed by atoms with Crippen LogP contribution in [0.1, 0.15) is 60.5 Å². The van der Waals surface area contributed by atoms with Gasteiger partial charge in [-0.1, -0.05) is 36.4 Å². The number of benzene rings is 4. The summed E-state index contributed by atoms with van der Waals surface area (Å²) in [6, 6.07) is 26.5. The molecule has 4 nitrogen and oxygen atoms in total. The average molecular weight is 493 g/mol. The second kappa shape index (κ2) is 11.7. The van der Waals surface area contributed by atoms with Crippen molar-refractivity contribution in [2.24, 2.45) is 0 Å². The minimum absolute atomic E-state index is 0.349. The molecule has 0 aromatic heterocycles. The normalized spacial score (nSPS) is 10.7. The Bertz CT molecular complexity index is 1420. The highest BCUT2D eigenvalue weighted by molar-refractivity contribution is 5.92. The standard InChI is InChI=1S/C33H32O4/c1-22-11-15-28(19-24(22)3)32(34)36-30-17-13-26(14-18-30)7-5-8-27-9-6-10-31(21-27)37-33(35)29-16-12-23(2)25(4)20-29/h6,9-21H,5,7-8H2,1-4H3. The minimum atomic E-state index is -0.353. The van der Waals surface area contributed by atoms with E-state index in [0.29, 0.717) is 22.6 Å². The van der Waals surface area contributed by atoms with Crippen LogP contribution in [-0.2, 0) is 12.8 Å². The second-order valence-electron chi connectivity index (χ2n) is 9.52. The van der Waals surface area contributed by atoms with Crippen molar-refractivity contribution < 1.29 is 19.1 Å². The quantitative estimate of drug-likeness (QED) is 0.188. The Morgan fingerprint density at radius 1 is 0.541 bits per heavy atom. The van der Waals surface area contributed by atoms with Crippen LogP contribution < -0.4 is 9.47 Å². The molecule has 4 aromatic rings. The third-order valence-corrected chi connectivity index (χ3v) is 6.66. The van der Waals surface area contributed by atoms with Crippen LogP contribution in [0, 0.1) is 27.7 Å². The number of carbonyl (C=O) groups is 2. The maximum absolute atomic E-state index is 12.5. The summed E-state index contributed by atoms with van der Waals surface area (Å²) in [4.78, 5) is 25.0. The minimum Gasteiger partial charge on any atom is -0.423 e. The van der Waals surface area contributed by atoms with E-state index in [9.17, 15) is 9.59 Å². The van der Waals surface area contributed by atoms with Gasteiger partial charge in [-0.15, -0.1) is 0 Å². The summed E-state index contributed by atoms with van der Waals surface area (Å²) in [5.41, 5.74) is 7.81. The van der Waals surface area contributed by atoms with Crippen LogP contribution in [0.5, 0.6) is 11.5 Å². The topological polar surface area (TPSA) is 52.6 Å². The van der Waals surface area contributed by atoms with E-state index < -0.39 is 0 Å². The van der Waals surface area contributed by atoms with E-state index in [2.05, 4.69) is 0 Å². The van der Waals surface area contributed by atoms with Crippen molar-refractivity contribution in [1.29, 1.82) is 0 Å². The van der Waals surface area contributed by atoms with Gasteiger partial charge in [0.25, 0.3) is 0 Å². The van der Waals surface area contributed by atoms with E-state index in [4.69, 9.17) is 9.47 Å². The number of ether oxygens (including phenoxy) is 2. The maximum atomic E-state index is 12.5. The second-order valence-corrected chi connectivity index (χ2v) is 9.52. The molecule has 0 spiro atoms. The fourth-order valence-corrected chi connectivity index (χ4v) is 4.05. The highest BCUT2D eigenvalue weighted by Gasteiger charge is 2.11. The summed E-state index contributed by atoms with van der Waals surface area (Å²) < 4.78 is 11.1. The lowest BCUT2D eigenvalue weighted by Gasteiger charge is -2.09. The Hall–Kier alpha value is -4.18. The number of esters is 2. The van der Waals surface area contributed by atoms with Gasteiger partial charge in [-0.3, -0.25) is 0 Å². The molecule has 0 heterocycles. The molecule has 0 N–H and O–H groups in total. The van der Waals surface area contributed by atoms with E-state index >= 15 is 0 Å². The van der Waals surface area contributed by atoms with Crippen molar-refractivity contribution >= 4 is 11.9 Å². The lowest BCUT2D eigenvalue weighted by atomic mass is 10.0. The van der Waals surface area contributed by atoms with Gasteiger partial charge in [0.15, 0.2) is 0 Å². The van der Waals surface area contributed by atoms with E-state index in [0.717, 1.165) is 47.1 Å². The Labute approximate surface area is 218 Å². The summed E-state index contributed by atoms with van der Waals surface area (Å²) in [6.45, 7) is 8.00. The fourth-order valence-electron chi connectivity index (χ4n) is 4.05. The van der Waals surface area contributed by atoms with Crippen LogP contribution in [-0.4, -0.2) is 11.9 Å². The predicted octanol–water partition coefficient (Wildman–Crippen LogP) is 7.53. The van der Waals surface area contributed by atoms with Gasteiger partial charge in [-0.05, 0) is 129 Å². The van der Waals surface area contributed by atoms with E-state index in [-0.39, 0.29) is 11.9 Å². The molecular weight excluding hydrogens is 460 g/mol. The number of rotatable bonds is 8. The number of hydrogen-bond acceptors (Lipinski definition) is 4. The van der Waals surface area contributed by atoms with Crippen LogP contribution in [0.3, 0.4) is 0 Å². The fraction of sp³-hybridized carbons (Fsp3) is 0.212. The maximum Gasteiger partial charge on any atom is 0.343 e. The van der Waals surface area contributed by atoms with Gasteiger partial charge in [0.1, 0.15) is 11.5 Å². The van der Waals surface area contributed by atoms with Gasteiger partial charge in [-0.2, -0.15) is 0 Å². The zero-order valence-electron chi connectivity index (χ0n) is 21.8. The summed E-state index contributed by atoms with van der Waals surface area (Å²) >= 11 is 0. The first-order valence-electron chi connectivity index (χ1n) is 12.6. The van der Waals surface area contributed by atoms with E-state index in [1.54, 1.807) is 18.2 Å². The van der Waals surface area contributed by atoms with Gasteiger partial charge in [0.05, 0.1) is 11.1 Å². The Balaban J connectivity index is 1.28. The molecule has 4 heteroatoms. The predicted molar refractivity (Wildman–Crippen MR) is 147 cm³/mol. The first-order chi connectivity index (χ1) is 17.8. The Morgan fingerprint density at radius 2 is 1.08 bits per heavy atom. The molecule has 0 fully saturated rings. The zero-order chi connectivity index (χ0) is 26.4. The summed E-state index contributed by atoms with van der Waals surface area (Å²) in [6.07, 6.45) is 2.69. The van der Waals surface area contributed by atoms with Gasteiger partial charge in [0.2, 0.25) is 0 Å². The largest absolute Gasteiger partial charge is 0.423 e. The van der Waals surface area contributed by atoms with Crippen molar-refractivity contribution in [3.63, 3.8) is 0 Å². The molecular formula is C33H32O4. The average Bonchev–Trinajstić information content (AvgIpc) is 2.88. The molecule has 0 amide bonds.